The second-order valence-electron chi connectivity index (χ2n) is 6.07. The molecular formula is C18H35CuO2. The molecule has 0 bridgehead atoms. The molecule has 2 nitrogen and oxygen atoms in total. The first-order chi connectivity index (χ1) is 9.77. The molecule has 0 unspecified atom stereocenters. The molecule has 0 atom stereocenters. The summed E-state index contributed by atoms with van der Waals surface area (Å²) in [7, 11) is 0. The summed E-state index contributed by atoms with van der Waals surface area (Å²) in [6.45, 7) is 2.27. The zero-order chi connectivity index (χ0) is 14.9. The summed E-state index contributed by atoms with van der Waals surface area (Å²) in [5.74, 6) is -0.903. The summed E-state index contributed by atoms with van der Waals surface area (Å²) in [5, 5.41) is 10.2. The quantitative estimate of drug-likeness (QED) is 0.291. The van der Waals surface area contributed by atoms with Crippen LogP contribution in [0, 0.1) is 0 Å². The van der Waals surface area contributed by atoms with Crippen molar-refractivity contribution in [3.05, 3.63) is 0 Å². The van der Waals surface area contributed by atoms with Crippen LogP contribution in [0.2, 0.25) is 0 Å². The van der Waals surface area contributed by atoms with Gasteiger partial charge in [0.1, 0.15) is 0 Å². The van der Waals surface area contributed by atoms with Crippen LogP contribution in [0.5, 0.6) is 0 Å². The summed E-state index contributed by atoms with van der Waals surface area (Å²) < 4.78 is 0. The Morgan fingerprint density at radius 1 is 0.619 bits per heavy atom. The number of hydrogen-bond donors (Lipinski definition) is 0. The van der Waals surface area contributed by atoms with Gasteiger partial charge >= 0.3 is 17.1 Å². The van der Waals surface area contributed by atoms with E-state index in [-0.39, 0.29) is 23.5 Å². The van der Waals surface area contributed by atoms with Gasteiger partial charge in [-0.1, -0.05) is 96.8 Å². The molecule has 0 amide bonds. The zero-order valence-corrected chi connectivity index (χ0v) is 14.9. The van der Waals surface area contributed by atoms with Crippen LogP contribution in [0.25, 0.3) is 0 Å². The molecule has 0 saturated carbocycles. The van der Waals surface area contributed by atoms with E-state index in [1.807, 2.05) is 0 Å². The third-order valence-electron chi connectivity index (χ3n) is 3.98. The molecule has 0 aromatic rings. The topological polar surface area (TPSA) is 40.1 Å². The summed E-state index contributed by atoms with van der Waals surface area (Å²) in [5.41, 5.74) is 0. The maximum atomic E-state index is 10.2. The van der Waals surface area contributed by atoms with Crippen molar-refractivity contribution in [2.75, 3.05) is 0 Å². The Morgan fingerprint density at radius 2 is 0.905 bits per heavy atom. The summed E-state index contributed by atoms with van der Waals surface area (Å²) in [6.07, 6.45) is 19.9. The number of unbranched alkanes of at least 4 members (excludes halogenated alkanes) is 14. The number of carbonyl (C=O) groups is 1. The molecule has 0 saturated heterocycles. The van der Waals surface area contributed by atoms with Crippen LogP contribution in [-0.2, 0) is 21.9 Å². The summed E-state index contributed by atoms with van der Waals surface area (Å²) >= 11 is 0. The van der Waals surface area contributed by atoms with Crippen molar-refractivity contribution in [3.63, 3.8) is 0 Å². The van der Waals surface area contributed by atoms with E-state index < -0.39 is 5.97 Å². The van der Waals surface area contributed by atoms with Gasteiger partial charge in [-0.05, 0) is 12.8 Å². The predicted octanol–water partition coefficient (Wildman–Crippen LogP) is 5.00. The number of rotatable bonds is 16. The van der Waals surface area contributed by atoms with Gasteiger partial charge in [-0.25, -0.2) is 0 Å². The van der Waals surface area contributed by atoms with Crippen LogP contribution in [-0.4, -0.2) is 5.97 Å². The molecule has 0 spiro atoms. The van der Waals surface area contributed by atoms with Crippen molar-refractivity contribution in [2.45, 2.75) is 110 Å². The van der Waals surface area contributed by atoms with Crippen molar-refractivity contribution in [1.29, 1.82) is 0 Å². The predicted molar refractivity (Wildman–Crippen MR) is 84.6 cm³/mol. The average molecular weight is 347 g/mol. The Balaban J connectivity index is 0. The van der Waals surface area contributed by atoms with Gasteiger partial charge in [-0.3, -0.25) is 0 Å². The SMILES string of the molecule is CCCCCCCCCCCCCCCCCC(=O)[O-].[Cu+]. The maximum absolute atomic E-state index is 10.2. The number of carboxylic acid groups (broad SMARTS) is 1. The van der Waals surface area contributed by atoms with E-state index in [1.165, 1.54) is 83.5 Å². The minimum absolute atomic E-state index is 0. The number of hydrogen-bond acceptors (Lipinski definition) is 2. The molecule has 0 aliphatic heterocycles. The first-order valence-corrected chi connectivity index (χ1v) is 8.97. The van der Waals surface area contributed by atoms with Crippen molar-refractivity contribution in [2.24, 2.45) is 0 Å². The Hall–Kier alpha value is -0.0105. The zero-order valence-electron chi connectivity index (χ0n) is 13.9. The smallest absolute Gasteiger partial charge is 0.550 e. The van der Waals surface area contributed by atoms with Gasteiger partial charge in [0.2, 0.25) is 0 Å². The van der Waals surface area contributed by atoms with E-state index in [1.54, 1.807) is 0 Å². The fraction of sp³-hybridized carbons (Fsp3) is 0.944. The molecule has 0 aromatic carbocycles. The first-order valence-electron chi connectivity index (χ1n) is 8.97. The Morgan fingerprint density at radius 3 is 1.19 bits per heavy atom. The average Bonchev–Trinajstić information content (AvgIpc) is 2.43. The molecule has 3 heteroatoms. The van der Waals surface area contributed by atoms with E-state index >= 15 is 0 Å². The van der Waals surface area contributed by atoms with Gasteiger partial charge in [-0.15, -0.1) is 0 Å². The molecular weight excluding hydrogens is 312 g/mol. The number of carboxylic acids is 1. The Kier molecular flexibility index (Phi) is 22.1. The van der Waals surface area contributed by atoms with Gasteiger partial charge in [0.05, 0.1) is 0 Å². The van der Waals surface area contributed by atoms with E-state index in [0.29, 0.717) is 0 Å². The van der Waals surface area contributed by atoms with Crippen LogP contribution >= 0.6 is 0 Å². The van der Waals surface area contributed by atoms with Gasteiger partial charge < -0.3 is 9.90 Å². The standard InChI is InChI=1S/C18H36O2.Cu/c1-2-3-4-5-6-7-8-9-10-11-12-13-14-15-16-17-18(19)20;/h2-17H2,1H3,(H,19,20);/q;+1/p-1. The Bertz CT molecular complexity index is 207. The normalized spacial score (nSPS) is 10.3. The maximum Gasteiger partial charge on any atom is 1.00 e. The van der Waals surface area contributed by atoms with Crippen molar-refractivity contribution < 1.29 is 27.0 Å². The van der Waals surface area contributed by atoms with Crippen LogP contribution in [0.3, 0.4) is 0 Å². The van der Waals surface area contributed by atoms with Gasteiger partial charge in [0.25, 0.3) is 0 Å². The molecule has 0 N–H and O–H groups in total. The van der Waals surface area contributed by atoms with Gasteiger partial charge in [0, 0.05) is 5.97 Å². The van der Waals surface area contributed by atoms with Crippen LogP contribution in [0.15, 0.2) is 0 Å². The summed E-state index contributed by atoms with van der Waals surface area (Å²) in [4.78, 5) is 10.2. The summed E-state index contributed by atoms with van der Waals surface area (Å²) in [6, 6.07) is 0. The second kappa shape index (κ2) is 20.0. The van der Waals surface area contributed by atoms with Crippen LogP contribution < -0.4 is 5.11 Å². The Labute approximate surface area is 142 Å². The molecule has 0 heterocycles. The van der Waals surface area contributed by atoms with Crippen molar-refractivity contribution >= 4 is 5.97 Å². The van der Waals surface area contributed by atoms with Crippen LogP contribution in [0.4, 0.5) is 0 Å². The molecule has 0 rings (SSSR count). The largest absolute Gasteiger partial charge is 1.00 e. The molecule has 0 aromatic heterocycles. The molecule has 0 fully saturated rings. The third-order valence-corrected chi connectivity index (χ3v) is 3.98. The fourth-order valence-electron chi connectivity index (χ4n) is 2.64. The molecule has 130 valence electrons. The molecule has 0 aliphatic carbocycles. The second-order valence-corrected chi connectivity index (χ2v) is 6.07. The molecule has 0 aliphatic rings. The number of aliphatic carboxylic acids is 1. The molecule has 0 radical (unpaired) electrons. The van der Waals surface area contributed by atoms with E-state index in [4.69, 9.17) is 0 Å². The first kappa shape index (κ1) is 23.3. The third kappa shape index (κ3) is 22.4. The number of carbonyl (C=O) groups excluding carboxylic acids is 1. The fourth-order valence-corrected chi connectivity index (χ4v) is 2.64. The molecule has 21 heavy (non-hydrogen) atoms. The van der Waals surface area contributed by atoms with Gasteiger partial charge in [0.15, 0.2) is 0 Å². The minimum atomic E-state index is -0.903. The van der Waals surface area contributed by atoms with E-state index in [2.05, 4.69) is 6.92 Å². The van der Waals surface area contributed by atoms with Crippen molar-refractivity contribution in [1.82, 2.24) is 0 Å². The van der Waals surface area contributed by atoms with Crippen molar-refractivity contribution in [3.8, 4) is 0 Å². The van der Waals surface area contributed by atoms with Crippen LogP contribution in [0.1, 0.15) is 110 Å². The van der Waals surface area contributed by atoms with E-state index in [0.717, 1.165) is 12.8 Å². The van der Waals surface area contributed by atoms with E-state index in [9.17, 15) is 9.90 Å². The van der Waals surface area contributed by atoms with Gasteiger partial charge in [-0.2, -0.15) is 0 Å². The monoisotopic (exact) mass is 346 g/mol. The minimum Gasteiger partial charge on any atom is -0.550 e.